The topological polar surface area (TPSA) is 224 Å². The van der Waals surface area contributed by atoms with Gasteiger partial charge in [-0.3, -0.25) is 29.3 Å². The molecule has 0 saturated heterocycles. The number of Topliss-reactive ketones (excluding diaryl/α,β-unsaturated/α-hetero) is 2. The summed E-state index contributed by atoms with van der Waals surface area (Å²) in [7, 11) is 7.47. The first-order chi connectivity index (χ1) is 21.6. The first-order valence-corrected chi connectivity index (χ1v) is 14.1. The van der Waals surface area contributed by atoms with Crippen LogP contribution in [0.4, 0.5) is 17.2 Å². The lowest BCUT2D eigenvalue weighted by molar-refractivity contribution is -0.445. The average molecular weight is 716 g/mol. The van der Waals surface area contributed by atoms with E-state index < -0.39 is 25.2 Å². The smallest absolute Gasteiger partial charge is 0.358 e. The van der Waals surface area contributed by atoms with Gasteiger partial charge in [-0.05, 0) is 29.0 Å². The van der Waals surface area contributed by atoms with Gasteiger partial charge in [-0.25, -0.2) is 4.98 Å². The molecule has 0 aliphatic heterocycles. The standard InChI is InChI=1S/C19H22N6O3.C6H4Cl3N3O3.CH3NO2/c1-11-8-25(5)17(20-11)19(28)22-14-7-16(24(4)10-14)18(27)21-13-6-15(12(2)26)23(3)9-13;1-11-2-3(12(14)15)10-5(11)4(13)6(7,8)9;1-2(3)4/h6-10H,1-5H3,(H,21,27)(H,22,28);2H,1H3;1H3. The quantitative estimate of drug-likeness (QED) is 0.122. The molecule has 0 radical (unpaired) electrons. The van der Waals surface area contributed by atoms with E-state index >= 15 is 0 Å². The SMILES string of the molecule is CC(=O)c1cc(NC(=O)c2cc(NC(=O)c3nc(C)cn3C)cn2C)cn1C.C[N+](=O)[O-].Cn1cc([N+](=O)[O-])nc1C(=O)C(Cl)(Cl)Cl. The summed E-state index contributed by atoms with van der Waals surface area (Å²) in [5, 5.41) is 24.7. The van der Waals surface area contributed by atoms with Gasteiger partial charge in [0.05, 0.1) is 22.8 Å². The zero-order valence-corrected chi connectivity index (χ0v) is 28.2. The third-order valence-electron chi connectivity index (χ3n) is 5.83. The Balaban J connectivity index is 0.000000339. The first-order valence-electron chi connectivity index (χ1n) is 13.0. The Bertz CT molecular complexity index is 1840. The molecule has 4 heterocycles. The van der Waals surface area contributed by atoms with E-state index in [-0.39, 0.29) is 29.2 Å². The molecule has 0 unspecified atom stereocenters. The maximum Gasteiger partial charge on any atom is 0.382 e. The predicted molar refractivity (Wildman–Crippen MR) is 172 cm³/mol. The number of halogens is 3. The van der Waals surface area contributed by atoms with Crippen molar-refractivity contribution in [3.63, 3.8) is 0 Å². The molecule has 2 amide bonds. The fourth-order valence-electron chi connectivity index (χ4n) is 3.93. The van der Waals surface area contributed by atoms with Crippen LogP contribution < -0.4 is 10.6 Å². The highest BCUT2D eigenvalue weighted by molar-refractivity contribution is 6.77. The summed E-state index contributed by atoms with van der Waals surface area (Å²) in [4.78, 5) is 73.5. The Labute approximate surface area is 281 Å². The van der Waals surface area contributed by atoms with Gasteiger partial charge in [0.2, 0.25) is 0 Å². The molecule has 4 aromatic heterocycles. The Morgan fingerprint density at radius 1 is 0.766 bits per heavy atom. The molecule has 0 spiro atoms. The van der Waals surface area contributed by atoms with E-state index in [1.807, 2.05) is 6.92 Å². The van der Waals surface area contributed by atoms with Gasteiger partial charge in [0, 0.05) is 58.6 Å². The van der Waals surface area contributed by atoms with Crippen LogP contribution in [-0.4, -0.2) is 72.3 Å². The molecule has 0 saturated carbocycles. The number of imidazole rings is 2. The van der Waals surface area contributed by atoms with E-state index in [1.54, 1.807) is 65.6 Å². The summed E-state index contributed by atoms with van der Waals surface area (Å²) in [5.41, 5.74) is 2.61. The van der Waals surface area contributed by atoms with Crippen LogP contribution in [0.5, 0.6) is 0 Å². The van der Waals surface area contributed by atoms with Crippen molar-refractivity contribution in [2.45, 2.75) is 17.6 Å². The van der Waals surface area contributed by atoms with E-state index in [4.69, 9.17) is 44.9 Å². The van der Waals surface area contributed by atoms with Gasteiger partial charge < -0.3 is 39.0 Å². The van der Waals surface area contributed by atoms with Crippen molar-refractivity contribution in [3.8, 4) is 0 Å². The van der Waals surface area contributed by atoms with Crippen molar-refractivity contribution in [2.75, 3.05) is 17.7 Å². The molecule has 47 heavy (non-hydrogen) atoms. The number of nitrogens with zero attached hydrogens (tertiary/aromatic N) is 8. The number of nitro groups is 2. The number of carbonyl (C=O) groups is 4. The Hall–Kier alpha value is -5.07. The van der Waals surface area contributed by atoms with E-state index in [0.29, 0.717) is 22.8 Å². The maximum absolute atomic E-state index is 12.6. The number of ketones is 2. The highest BCUT2D eigenvalue weighted by Gasteiger charge is 2.38. The summed E-state index contributed by atoms with van der Waals surface area (Å²) in [5.74, 6) is -2.18. The number of alkyl halides is 3. The number of anilines is 2. The van der Waals surface area contributed by atoms with Crippen LogP contribution in [0, 0.1) is 27.2 Å². The van der Waals surface area contributed by atoms with Gasteiger partial charge in [-0.15, -0.1) is 0 Å². The molecule has 4 rings (SSSR count). The molecule has 4 aromatic rings. The van der Waals surface area contributed by atoms with Gasteiger partial charge in [0.1, 0.15) is 11.9 Å². The van der Waals surface area contributed by atoms with Crippen molar-refractivity contribution >= 4 is 75.4 Å². The zero-order chi connectivity index (χ0) is 36.0. The second-order valence-corrected chi connectivity index (χ2v) is 12.1. The van der Waals surface area contributed by atoms with Gasteiger partial charge >= 0.3 is 5.82 Å². The first kappa shape index (κ1) is 38.1. The fourth-order valence-corrected chi connectivity index (χ4v) is 4.18. The van der Waals surface area contributed by atoms with Crippen LogP contribution >= 0.6 is 34.8 Å². The van der Waals surface area contributed by atoms with Crippen molar-refractivity contribution < 1.29 is 29.0 Å². The molecular formula is C26H29Cl3N10O8. The fraction of sp³-hybridized carbons (Fsp3) is 0.308. The van der Waals surface area contributed by atoms with Gasteiger partial charge in [-0.1, -0.05) is 34.8 Å². The third kappa shape index (κ3) is 10.5. The number of rotatable bonds is 7. The highest BCUT2D eigenvalue weighted by atomic mass is 35.6. The summed E-state index contributed by atoms with van der Waals surface area (Å²) in [6, 6.07) is 3.20. The van der Waals surface area contributed by atoms with Crippen LogP contribution in [-0.2, 0) is 28.2 Å². The molecule has 0 atom stereocenters. The van der Waals surface area contributed by atoms with Crippen molar-refractivity contribution in [1.82, 2.24) is 28.2 Å². The lowest BCUT2D eigenvalue weighted by atomic mass is 10.3. The van der Waals surface area contributed by atoms with Crippen LogP contribution in [0.15, 0.2) is 36.9 Å². The van der Waals surface area contributed by atoms with E-state index in [0.717, 1.165) is 23.5 Å². The molecule has 0 bridgehead atoms. The lowest BCUT2D eigenvalue weighted by Gasteiger charge is -2.05. The monoisotopic (exact) mass is 714 g/mol. The molecular weight excluding hydrogens is 687 g/mol. The number of hydrogen-bond acceptors (Lipinski definition) is 10. The molecule has 21 heteroatoms. The molecule has 18 nitrogen and oxygen atoms in total. The Morgan fingerprint density at radius 2 is 1.23 bits per heavy atom. The number of amides is 2. The molecule has 2 N–H and O–H groups in total. The largest absolute Gasteiger partial charge is 0.382 e. The van der Waals surface area contributed by atoms with E-state index in [2.05, 4.69) is 20.6 Å². The Morgan fingerprint density at radius 3 is 1.64 bits per heavy atom. The number of nitrogens with one attached hydrogen (secondary N) is 2. The lowest BCUT2D eigenvalue weighted by Crippen LogP contribution is -2.22. The number of hydrogen-bond donors (Lipinski definition) is 2. The highest BCUT2D eigenvalue weighted by Crippen LogP contribution is 2.30. The zero-order valence-electron chi connectivity index (χ0n) is 25.9. The van der Waals surface area contributed by atoms with Gasteiger partial charge in [0.15, 0.2) is 18.7 Å². The minimum absolute atomic E-state index is 0.0867. The molecule has 0 aliphatic carbocycles. The third-order valence-corrected chi connectivity index (χ3v) is 6.35. The summed E-state index contributed by atoms with van der Waals surface area (Å²) >= 11 is 16.0. The summed E-state index contributed by atoms with van der Waals surface area (Å²) in [6.45, 7) is 3.28. The normalized spacial score (nSPS) is 10.6. The van der Waals surface area contributed by atoms with Crippen molar-refractivity contribution in [3.05, 3.63) is 85.9 Å². The van der Waals surface area contributed by atoms with E-state index in [9.17, 15) is 29.3 Å². The van der Waals surface area contributed by atoms with Crippen LogP contribution in [0.3, 0.4) is 0 Å². The number of aryl methyl sites for hydroxylation is 5. The minimum Gasteiger partial charge on any atom is -0.358 e. The average Bonchev–Trinajstić information content (AvgIpc) is 3.68. The van der Waals surface area contributed by atoms with Crippen molar-refractivity contribution in [2.24, 2.45) is 28.2 Å². The second kappa shape index (κ2) is 15.5. The van der Waals surface area contributed by atoms with Gasteiger partial charge in [-0.2, -0.15) is 0 Å². The maximum atomic E-state index is 12.6. The van der Waals surface area contributed by atoms with E-state index in [1.165, 1.54) is 14.0 Å². The Kier molecular flexibility index (Phi) is 12.6. The molecule has 0 aromatic carbocycles. The van der Waals surface area contributed by atoms with Crippen LogP contribution in [0.1, 0.15) is 54.8 Å². The van der Waals surface area contributed by atoms with Gasteiger partial charge in [0.25, 0.3) is 27.2 Å². The minimum atomic E-state index is -2.17. The van der Waals surface area contributed by atoms with Crippen LogP contribution in [0.2, 0.25) is 0 Å². The van der Waals surface area contributed by atoms with Crippen molar-refractivity contribution in [1.29, 1.82) is 0 Å². The molecule has 0 fully saturated rings. The summed E-state index contributed by atoms with van der Waals surface area (Å²) < 4.78 is 3.87. The predicted octanol–water partition coefficient (Wildman–Crippen LogP) is 3.89. The second-order valence-electron chi connectivity index (χ2n) is 9.79. The number of aromatic nitrogens is 6. The van der Waals surface area contributed by atoms with Crippen LogP contribution in [0.25, 0.3) is 0 Å². The summed E-state index contributed by atoms with van der Waals surface area (Å²) in [6.07, 6.45) is 6.13. The number of carbonyl (C=O) groups excluding carboxylic acids is 4. The molecule has 0 aliphatic rings. The molecule has 252 valence electrons.